The third-order valence-corrected chi connectivity index (χ3v) is 6.72. The van der Waals surface area contributed by atoms with E-state index < -0.39 is 14.9 Å². The summed E-state index contributed by atoms with van der Waals surface area (Å²) in [5.41, 5.74) is 0.520. The van der Waals surface area contributed by atoms with E-state index in [1.807, 2.05) is 18.2 Å². The lowest BCUT2D eigenvalue weighted by Gasteiger charge is -2.25. The minimum atomic E-state index is -3.90. The van der Waals surface area contributed by atoms with E-state index in [0.29, 0.717) is 29.6 Å². The number of rotatable bonds is 5. The molecule has 2 aromatic carbocycles. The highest BCUT2D eigenvalue weighted by Gasteiger charge is 2.38. The first kappa shape index (κ1) is 18.8. The Morgan fingerprint density at radius 3 is 2.69 bits per heavy atom. The summed E-state index contributed by atoms with van der Waals surface area (Å²) < 4.78 is 33.5. The van der Waals surface area contributed by atoms with Gasteiger partial charge in [-0.3, -0.25) is 10.1 Å². The molecule has 1 atom stereocenters. The number of sulfonamides is 1. The van der Waals surface area contributed by atoms with Crippen LogP contribution in [0.1, 0.15) is 24.4 Å². The molecule has 1 unspecified atom stereocenters. The van der Waals surface area contributed by atoms with Crippen molar-refractivity contribution in [2.24, 2.45) is 0 Å². The van der Waals surface area contributed by atoms with Crippen LogP contribution in [0.4, 0.5) is 5.69 Å². The molecule has 138 valence electrons. The first-order valence-corrected chi connectivity index (χ1v) is 10.2. The van der Waals surface area contributed by atoms with Crippen molar-refractivity contribution >= 4 is 31.6 Å². The number of benzene rings is 2. The van der Waals surface area contributed by atoms with E-state index in [4.69, 9.17) is 4.74 Å². The molecule has 0 N–H and O–H groups in total. The average molecular weight is 441 g/mol. The number of nitro groups is 1. The summed E-state index contributed by atoms with van der Waals surface area (Å²) in [4.78, 5) is 10.4. The number of methoxy groups -OCH3 is 1. The average Bonchev–Trinajstić information content (AvgIpc) is 3.11. The molecule has 1 heterocycles. The highest BCUT2D eigenvalue weighted by molar-refractivity contribution is 9.10. The van der Waals surface area contributed by atoms with Crippen LogP contribution in [0.3, 0.4) is 0 Å². The van der Waals surface area contributed by atoms with Gasteiger partial charge in [0.25, 0.3) is 5.69 Å². The van der Waals surface area contributed by atoms with Gasteiger partial charge in [-0.25, -0.2) is 8.42 Å². The van der Waals surface area contributed by atoms with E-state index in [1.54, 1.807) is 13.2 Å². The van der Waals surface area contributed by atoms with Gasteiger partial charge >= 0.3 is 0 Å². The molecule has 0 bridgehead atoms. The minimum Gasteiger partial charge on any atom is -0.496 e. The Kier molecular flexibility index (Phi) is 5.31. The third kappa shape index (κ3) is 3.46. The van der Waals surface area contributed by atoms with Crippen LogP contribution in [0.5, 0.6) is 5.75 Å². The van der Waals surface area contributed by atoms with Crippen LogP contribution < -0.4 is 4.74 Å². The van der Waals surface area contributed by atoms with Crippen LogP contribution in [-0.2, 0) is 10.0 Å². The van der Waals surface area contributed by atoms with E-state index in [-0.39, 0.29) is 16.6 Å². The van der Waals surface area contributed by atoms with E-state index >= 15 is 0 Å². The van der Waals surface area contributed by atoms with E-state index in [2.05, 4.69) is 15.9 Å². The SMILES string of the molecule is COc1ccccc1C1CCCN1S(=O)(=O)c1cc(Br)cc([N+](=O)[O-])c1. The van der Waals surface area contributed by atoms with Gasteiger partial charge in [-0.15, -0.1) is 0 Å². The van der Waals surface area contributed by atoms with Crippen LogP contribution in [-0.4, -0.2) is 31.3 Å². The van der Waals surface area contributed by atoms with Crippen molar-refractivity contribution in [1.82, 2.24) is 4.31 Å². The van der Waals surface area contributed by atoms with Crippen molar-refractivity contribution in [3.05, 3.63) is 62.6 Å². The Morgan fingerprint density at radius 1 is 1.27 bits per heavy atom. The Balaban J connectivity index is 2.05. The summed E-state index contributed by atoms with van der Waals surface area (Å²) in [6, 6.07) is 10.7. The Labute approximate surface area is 159 Å². The predicted octanol–water partition coefficient (Wildman–Crippen LogP) is 3.89. The molecule has 0 aliphatic carbocycles. The van der Waals surface area contributed by atoms with Crippen molar-refractivity contribution in [3.8, 4) is 5.75 Å². The number of nitro benzene ring substituents is 1. The first-order chi connectivity index (χ1) is 12.3. The molecule has 1 aliphatic rings. The molecule has 2 aromatic rings. The number of halogens is 1. The largest absolute Gasteiger partial charge is 0.496 e. The fourth-order valence-electron chi connectivity index (χ4n) is 3.22. The summed E-state index contributed by atoms with van der Waals surface area (Å²) in [5.74, 6) is 0.625. The van der Waals surface area contributed by atoms with Gasteiger partial charge < -0.3 is 4.74 Å². The molecule has 1 fully saturated rings. The monoisotopic (exact) mass is 440 g/mol. The zero-order valence-corrected chi connectivity index (χ0v) is 16.4. The lowest BCUT2D eigenvalue weighted by Crippen LogP contribution is -2.31. The minimum absolute atomic E-state index is 0.0969. The van der Waals surface area contributed by atoms with Crippen molar-refractivity contribution in [1.29, 1.82) is 0 Å². The van der Waals surface area contributed by atoms with Gasteiger partial charge in [-0.1, -0.05) is 34.1 Å². The van der Waals surface area contributed by atoms with Crippen LogP contribution in [0, 0.1) is 10.1 Å². The predicted molar refractivity (Wildman–Crippen MR) is 99.7 cm³/mol. The Bertz CT molecular complexity index is 948. The maximum absolute atomic E-state index is 13.2. The summed E-state index contributed by atoms with van der Waals surface area (Å²) in [6.45, 7) is 0.353. The van der Waals surface area contributed by atoms with Gasteiger partial charge in [0, 0.05) is 28.7 Å². The summed E-state index contributed by atoms with van der Waals surface area (Å²) in [7, 11) is -2.35. The van der Waals surface area contributed by atoms with E-state index in [1.165, 1.54) is 16.4 Å². The lowest BCUT2D eigenvalue weighted by molar-refractivity contribution is -0.385. The quantitative estimate of drug-likeness (QED) is 0.519. The summed E-state index contributed by atoms with van der Waals surface area (Å²) in [5, 5.41) is 11.1. The van der Waals surface area contributed by atoms with Crippen molar-refractivity contribution in [3.63, 3.8) is 0 Å². The molecule has 3 rings (SSSR count). The zero-order chi connectivity index (χ0) is 18.9. The lowest BCUT2D eigenvalue weighted by atomic mass is 10.0. The van der Waals surface area contributed by atoms with Crippen LogP contribution >= 0.6 is 15.9 Å². The Hall–Kier alpha value is -1.97. The van der Waals surface area contributed by atoms with Gasteiger partial charge in [-0.2, -0.15) is 4.31 Å². The second-order valence-corrected chi connectivity index (χ2v) is 8.72. The molecule has 9 heteroatoms. The number of nitrogens with zero attached hydrogens (tertiary/aromatic N) is 2. The third-order valence-electron chi connectivity index (χ3n) is 4.38. The van der Waals surface area contributed by atoms with Gasteiger partial charge in [0.2, 0.25) is 10.0 Å². The number of ether oxygens (including phenoxy) is 1. The molecule has 1 saturated heterocycles. The molecule has 0 amide bonds. The number of hydrogen-bond donors (Lipinski definition) is 0. The Morgan fingerprint density at radius 2 is 2.00 bits per heavy atom. The van der Waals surface area contributed by atoms with Crippen molar-refractivity contribution in [2.45, 2.75) is 23.8 Å². The molecular weight excluding hydrogens is 424 g/mol. The molecule has 1 aliphatic heterocycles. The van der Waals surface area contributed by atoms with E-state index in [0.717, 1.165) is 11.6 Å². The maximum Gasteiger partial charge on any atom is 0.271 e. The smallest absolute Gasteiger partial charge is 0.271 e. The fraction of sp³-hybridized carbons (Fsp3) is 0.294. The van der Waals surface area contributed by atoms with Gasteiger partial charge in [0.15, 0.2) is 0 Å². The topological polar surface area (TPSA) is 89.8 Å². The van der Waals surface area contributed by atoms with Crippen LogP contribution in [0.25, 0.3) is 0 Å². The molecular formula is C17H17BrN2O5S. The molecule has 0 spiro atoms. The molecule has 0 saturated carbocycles. The van der Waals surface area contributed by atoms with Crippen molar-refractivity contribution < 1.29 is 18.1 Å². The summed E-state index contributed by atoms with van der Waals surface area (Å²) in [6.07, 6.45) is 1.37. The van der Waals surface area contributed by atoms with Crippen molar-refractivity contribution in [2.75, 3.05) is 13.7 Å². The fourth-order valence-corrected chi connectivity index (χ4v) is 5.59. The zero-order valence-electron chi connectivity index (χ0n) is 14.0. The number of non-ortho nitro benzene ring substituents is 1. The normalized spacial score (nSPS) is 18.0. The molecule has 26 heavy (non-hydrogen) atoms. The van der Waals surface area contributed by atoms with Gasteiger partial charge in [-0.05, 0) is 25.0 Å². The highest BCUT2D eigenvalue weighted by atomic mass is 79.9. The van der Waals surface area contributed by atoms with Crippen LogP contribution in [0.2, 0.25) is 0 Å². The summed E-state index contributed by atoms with van der Waals surface area (Å²) >= 11 is 3.16. The maximum atomic E-state index is 13.2. The molecule has 7 nitrogen and oxygen atoms in total. The van der Waals surface area contributed by atoms with Crippen LogP contribution in [0.15, 0.2) is 51.8 Å². The van der Waals surface area contributed by atoms with Gasteiger partial charge in [0.1, 0.15) is 5.75 Å². The second kappa shape index (κ2) is 7.34. The molecule has 0 aromatic heterocycles. The standard InChI is InChI=1S/C17H17BrN2O5S/c1-25-17-7-3-2-5-15(17)16-6-4-8-19(16)26(23,24)14-10-12(18)9-13(11-14)20(21)22/h2-3,5,7,9-11,16H,4,6,8H2,1H3. The first-order valence-electron chi connectivity index (χ1n) is 7.94. The molecule has 0 radical (unpaired) electrons. The number of hydrogen-bond acceptors (Lipinski definition) is 5. The highest BCUT2D eigenvalue weighted by Crippen LogP contribution is 2.40. The number of para-hydroxylation sites is 1. The van der Waals surface area contributed by atoms with E-state index in [9.17, 15) is 18.5 Å². The van der Waals surface area contributed by atoms with Gasteiger partial charge in [0.05, 0.1) is 23.0 Å². The second-order valence-electron chi connectivity index (χ2n) is 5.92.